The maximum atomic E-state index is 10.2. The first-order valence-corrected chi connectivity index (χ1v) is 10.5. The first kappa shape index (κ1) is 23.3. The van der Waals surface area contributed by atoms with Crippen molar-refractivity contribution in [3.8, 4) is 11.5 Å². The van der Waals surface area contributed by atoms with Crippen molar-refractivity contribution in [3.63, 3.8) is 0 Å². The van der Waals surface area contributed by atoms with Crippen molar-refractivity contribution in [2.24, 2.45) is 11.3 Å². The van der Waals surface area contributed by atoms with Crippen molar-refractivity contribution in [1.82, 2.24) is 0 Å². The lowest BCUT2D eigenvalue weighted by Crippen LogP contribution is -2.24. The molecular weight excluding hydrogens is 368 g/mol. The van der Waals surface area contributed by atoms with Crippen molar-refractivity contribution < 1.29 is 9.84 Å². The molecular formula is C28H34O2. The highest BCUT2D eigenvalue weighted by Gasteiger charge is 2.29. The van der Waals surface area contributed by atoms with Crippen LogP contribution in [0.4, 0.5) is 0 Å². The second-order valence-electron chi connectivity index (χ2n) is 8.16. The number of hydrogen-bond donors (Lipinski definition) is 1. The summed E-state index contributed by atoms with van der Waals surface area (Å²) in [4.78, 5) is 0. The molecule has 0 amide bonds. The molecule has 2 nitrogen and oxygen atoms in total. The van der Waals surface area contributed by atoms with Gasteiger partial charge in [-0.05, 0) is 59.1 Å². The van der Waals surface area contributed by atoms with Crippen LogP contribution in [0.25, 0.3) is 5.57 Å². The Morgan fingerprint density at radius 1 is 1.13 bits per heavy atom. The van der Waals surface area contributed by atoms with Gasteiger partial charge in [-0.1, -0.05) is 82.0 Å². The zero-order valence-corrected chi connectivity index (χ0v) is 18.7. The Balaban J connectivity index is 2.19. The van der Waals surface area contributed by atoms with Crippen molar-refractivity contribution >= 4 is 5.57 Å². The molecule has 0 fully saturated rings. The molecule has 0 aliphatic rings. The lowest BCUT2D eigenvalue weighted by atomic mass is 9.70. The van der Waals surface area contributed by atoms with Crippen molar-refractivity contribution in [2.45, 2.75) is 40.7 Å². The fourth-order valence-corrected chi connectivity index (χ4v) is 3.48. The van der Waals surface area contributed by atoms with E-state index in [1.165, 1.54) is 5.57 Å². The van der Waals surface area contributed by atoms with Gasteiger partial charge in [-0.25, -0.2) is 0 Å². The van der Waals surface area contributed by atoms with Crippen LogP contribution in [0.2, 0.25) is 0 Å². The van der Waals surface area contributed by atoms with Gasteiger partial charge >= 0.3 is 0 Å². The third kappa shape index (κ3) is 6.00. The van der Waals surface area contributed by atoms with E-state index in [1.807, 2.05) is 48.6 Å². The van der Waals surface area contributed by atoms with Gasteiger partial charge in [0.05, 0.1) is 0 Å². The molecule has 30 heavy (non-hydrogen) atoms. The average molecular weight is 403 g/mol. The highest BCUT2D eigenvalue weighted by atomic mass is 16.5. The Labute approximate surface area is 181 Å². The predicted octanol–water partition coefficient (Wildman–Crippen LogP) is 7.73. The summed E-state index contributed by atoms with van der Waals surface area (Å²) in [7, 11) is 0. The van der Waals surface area contributed by atoms with Gasteiger partial charge in [-0.2, -0.15) is 0 Å². The predicted molar refractivity (Wildman–Crippen MR) is 129 cm³/mol. The molecule has 2 aromatic rings. The molecule has 1 unspecified atom stereocenters. The molecule has 0 bridgehead atoms. The van der Waals surface area contributed by atoms with Crippen LogP contribution in [-0.2, 0) is 6.61 Å². The van der Waals surface area contributed by atoms with E-state index in [-0.39, 0.29) is 11.2 Å². The molecule has 0 radical (unpaired) electrons. The van der Waals surface area contributed by atoms with Crippen molar-refractivity contribution in [2.75, 3.05) is 0 Å². The van der Waals surface area contributed by atoms with Crippen molar-refractivity contribution in [3.05, 3.63) is 103 Å². The summed E-state index contributed by atoms with van der Waals surface area (Å²) in [6.45, 7) is 17.4. The molecule has 0 heterocycles. The third-order valence-electron chi connectivity index (χ3n) is 5.79. The first-order valence-electron chi connectivity index (χ1n) is 10.5. The van der Waals surface area contributed by atoms with Crippen LogP contribution >= 0.6 is 0 Å². The second kappa shape index (κ2) is 10.7. The summed E-state index contributed by atoms with van der Waals surface area (Å²) in [6, 6.07) is 15.2. The number of benzene rings is 2. The number of ether oxygens (including phenoxy) is 1. The van der Waals surface area contributed by atoms with Gasteiger partial charge in [0.15, 0.2) is 0 Å². The molecule has 0 aliphatic heterocycles. The number of phenolic OH excluding ortho intramolecular Hbond substituents is 1. The van der Waals surface area contributed by atoms with E-state index in [0.717, 1.165) is 23.1 Å². The summed E-state index contributed by atoms with van der Waals surface area (Å²) in [5.41, 5.74) is 3.99. The maximum Gasteiger partial charge on any atom is 0.124 e. The van der Waals surface area contributed by atoms with E-state index in [0.29, 0.717) is 18.3 Å². The SMILES string of the molecule is C=CCC(C)(C(C=CC(=C)c1cc(O)cc(OCc2ccccc2)c1)=CC)C(C)C. The lowest BCUT2D eigenvalue weighted by molar-refractivity contribution is 0.286. The Kier molecular flexibility index (Phi) is 8.29. The highest BCUT2D eigenvalue weighted by Crippen LogP contribution is 2.40. The van der Waals surface area contributed by atoms with Crippen LogP contribution in [0.3, 0.4) is 0 Å². The van der Waals surface area contributed by atoms with E-state index in [4.69, 9.17) is 4.74 Å². The van der Waals surface area contributed by atoms with Crippen LogP contribution in [-0.4, -0.2) is 5.11 Å². The fraction of sp³-hybridized carbons (Fsp3) is 0.286. The van der Waals surface area contributed by atoms with Crippen LogP contribution in [0.5, 0.6) is 11.5 Å². The summed E-state index contributed by atoms with van der Waals surface area (Å²) < 4.78 is 5.88. The summed E-state index contributed by atoms with van der Waals surface area (Å²) in [6.07, 6.45) is 9.18. The topological polar surface area (TPSA) is 29.5 Å². The number of allylic oxidation sites excluding steroid dienone is 6. The quantitative estimate of drug-likeness (QED) is 0.325. The van der Waals surface area contributed by atoms with E-state index >= 15 is 0 Å². The molecule has 2 rings (SSSR count). The lowest BCUT2D eigenvalue weighted by Gasteiger charge is -2.34. The molecule has 2 aromatic carbocycles. The standard InChI is InChI=1S/C28H34O2/c1-7-16-28(6,21(3)4)25(8-2)15-14-22(5)24-17-26(29)19-27(18-24)30-20-23-12-10-9-11-13-23/h7-15,17-19,21,29H,1,5,16,20H2,2-4,6H3. The van der Waals surface area contributed by atoms with E-state index in [2.05, 4.69) is 53.0 Å². The monoisotopic (exact) mass is 402 g/mol. The third-order valence-corrected chi connectivity index (χ3v) is 5.79. The van der Waals surface area contributed by atoms with E-state index < -0.39 is 0 Å². The van der Waals surface area contributed by atoms with Gasteiger partial charge in [-0.3, -0.25) is 0 Å². The van der Waals surface area contributed by atoms with Gasteiger partial charge in [0.2, 0.25) is 0 Å². The number of rotatable bonds is 10. The Morgan fingerprint density at radius 2 is 1.83 bits per heavy atom. The Bertz CT molecular complexity index is 919. The van der Waals surface area contributed by atoms with E-state index in [1.54, 1.807) is 12.1 Å². The Morgan fingerprint density at radius 3 is 2.43 bits per heavy atom. The molecule has 0 spiro atoms. The molecule has 0 aliphatic carbocycles. The summed E-state index contributed by atoms with van der Waals surface area (Å²) >= 11 is 0. The molecule has 0 saturated heterocycles. The summed E-state index contributed by atoms with van der Waals surface area (Å²) in [5.74, 6) is 1.25. The zero-order chi connectivity index (χ0) is 22.1. The molecule has 2 heteroatoms. The zero-order valence-electron chi connectivity index (χ0n) is 18.7. The second-order valence-corrected chi connectivity index (χ2v) is 8.16. The molecule has 158 valence electrons. The van der Waals surface area contributed by atoms with Crippen molar-refractivity contribution in [1.29, 1.82) is 0 Å². The van der Waals surface area contributed by atoms with Gasteiger partial charge in [0.25, 0.3) is 0 Å². The first-order chi connectivity index (χ1) is 14.3. The van der Waals surface area contributed by atoms with Crippen LogP contribution in [0.15, 0.2) is 91.6 Å². The Hall–Kier alpha value is -3.00. The molecule has 1 N–H and O–H groups in total. The van der Waals surface area contributed by atoms with E-state index in [9.17, 15) is 5.11 Å². The van der Waals surface area contributed by atoms with Crippen LogP contribution in [0.1, 0.15) is 45.2 Å². The van der Waals surface area contributed by atoms with Crippen LogP contribution in [0, 0.1) is 11.3 Å². The highest BCUT2D eigenvalue weighted by molar-refractivity contribution is 5.74. The van der Waals surface area contributed by atoms with Gasteiger partial charge < -0.3 is 9.84 Å². The fourth-order valence-electron chi connectivity index (χ4n) is 3.48. The largest absolute Gasteiger partial charge is 0.508 e. The maximum absolute atomic E-state index is 10.2. The smallest absolute Gasteiger partial charge is 0.124 e. The van der Waals surface area contributed by atoms with Crippen LogP contribution < -0.4 is 4.74 Å². The number of aromatic hydroxyl groups is 1. The van der Waals surface area contributed by atoms with Gasteiger partial charge in [-0.15, -0.1) is 6.58 Å². The normalized spacial score (nSPS) is 14.0. The van der Waals surface area contributed by atoms with Gasteiger partial charge in [0.1, 0.15) is 18.1 Å². The minimum absolute atomic E-state index is 0.00998. The minimum atomic E-state index is 0.00998. The molecule has 0 aromatic heterocycles. The minimum Gasteiger partial charge on any atom is -0.508 e. The average Bonchev–Trinajstić information content (AvgIpc) is 2.73. The number of hydrogen-bond acceptors (Lipinski definition) is 2. The van der Waals surface area contributed by atoms with Gasteiger partial charge in [0, 0.05) is 6.07 Å². The molecule has 1 atom stereocenters. The number of phenols is 1. The molecule has 0 saturated carbocycles. The summed E-state index contributed by atoms with van der Waals surface area (Å²) in [5, 5.41) is 10.2.